The number of carboxylic acid groups (broad SMARTS) is 1. The van der Waals surface area contributed by atoms with Gasteiger partial charge < -0.3 is 24.7 Å². The van der Waals surface area contributed by atoms with E-state index < -0.39 is 11.4 Å². The molecule has 8 heteroatoms. The zero-order chi connectivity index (χ0) is 18.6. The minimum absolute atomic E-state index is 0.311. The number of carbonyl (C=O) groups is 1. The number of anilines is 2. The van der Waals surface area contributed by atoms with E-state index in [0.29, 0.717) is 51.5 Å². The first-order valence-electron chi connectivity index (χ1n) is 9.27. The van der Waals surface area contributed by atoms with Crippen LogP contribution in [0.25, 0.3) is 0 Å². The summed E-state index contributed by atoms with van der Waals surface area (Å²) in [4.78, 5) is 25.0. The molecule has 1 unspecified atom stereocenters. The van der Waals surface area contributed by atoms with Crippen LogP contribution in [-0.2, 0) is 9.53 Å². The topological polar surface area (TPSA) is 99.0 Å². The Morgan fingerprint density at radius 1 is 1.35 bits per heavy atom. The monoisotopic (exact) mass is 364 g/mol. The summed E-state index contributed by atoms with van der Waals surface area (Å²) in [5.74, 6) is 0.711. The lowest BCUT2D eigenvalue weighted by atomic mass is 9.76. The van der Waals surface area contributed by atoms with E-state index in [1.807, 2.05) is 6.07 Å². The first-order valence-corrected chi connectivity index (χ1v) is 9.27. The summed E-state index contributed by atoms with van der Waals surface area (Å²) in [5, 5.41) is 19.6. The second-order valence-corrected chi connectivity index (χ2v) is 7.27. The Morgan fingerprint density at radius 2 is 2.12 bits per heavy atom. The molecule has 2 aliphatic heterocycles. The standard InChI is InChI=1S/C18H28N4O4/c1-26-12-7-18(16(24)25)5-10-21(11-6-18)17-19-8-4-15(20-17)22-9-2-3-14(23)13-22/h4,8,14,23H,2-3,5-7,9-13H2,1H3,(H,24,25). The maximum absolute atomic E-state index is 11.8. The number of carboxylic acids is 1. The van der Waals surface area contributed by atoms with Crippen molar-refractivity contribution in [1.29, 1.82) is 0 Å². The molecule has 0 saturated carbocycles. The zero-order valence-corrected chi connectivity index (χ0v) is 15.3. The summed E-state index contributed by atoms with van der Waals surface area (Å²) in [5.41, 5.74) is -0.721. The number of piperidine rings is 2. The van der Waals surface area contributed by atoms with E-state index in [-0.39, 0.29) is 6.10 Å². The van der Waals surface area contributed by atoms with Crippen molar-refractivity contribution in [2.24, 2.45) is 5.41 Å². The minimum Gasteiger partial charge on any atom is -0.481 e. The van der Waals surface area contributed by atoms with Crippen molar-refractivity contribution in [2.75, 3.05) is 49.7 Å². The van der Waals surface area contributed by atoms with E-state index >= 15 is 0 Å². The van der Waals surface area contributed by atoms with Crippen LogP contribution in [0.15, 0.2) is 12.3 Å². The molecular formula is C18H28N4O4. The molecule has 0 aromatic carbocycles. The fraction of sp³-hybridized carbons (Fsp3) is 0.722. The van der Waals surface area contributed by atoms with E-state index in [1.165, 1.54) is 0 Å². The lowest BCUT2D eigenvalue weighted by Gasteiger charge is -2.39. The SMILES string of the molecule is COCCC1(C(=O)O)CCN(c2nccc(N3CCCC(O)C3)n2)CC1. The molecule has 0 bridgehead atoms. The van der Waals surface area contributed by atoms with Gasteiger partial charge in [-0.1, -0.05) is 0 Å². The van der Waals surface area contributed by atoms with Gasteiger partial charge in [-0.05, 0) is 38.2 Å². The van der Waals surface area contributed by atoms with Gasteiger partial charge in [0.2, 0.25) is 5.95 Å². The van der Waals surface area contributed by atoms with E-state index in [2.05, 4.69) is 19.8 Å². The molecular weight excluding hydrogens is 336 g/mol. The number of rotatable bonds is 6. The van der Waals surface area contributed by atoms with Crippen LogP contribution in [0.1, 0.15) is 32.1 Å². The second kappa shape index (κ2) is 8.18. The Balaban J connectivity index is 1.67. The fourth-order valence-corrected chi connectivity index (χ4v) is 3.83. The molecule has 2 aliphatic rings. The van der Waals surface area contributed by atoms with E-state index in [1.54, 1.807) is 13.3 Å². The van der Waals surface area contributed by atoms with Gasteiger partial charge in [0.1, 0.15) is 5.82 Å². The summed E-state index contributed by atoms with van der Waals surface area (Å²) in [7, 11) is 1.60. The summed E-state index contributed by atoms with van der Waals surface area (Å²) >= 11 is 0. The van der Waals surface area contributed by atoms with Crippen molar-refractivity contribution in [3.05, 3.63) is 12.3 Å². The predicted octanol–water partition coefficient (Wildman–Crippen LogP) is 1.15. The molecule has 1 atom stereocenters. The van der Waals surface area contributed by atoms with Crippen LogP contribution in [0.3, 0.4) is 0 Å². The van der Waals surface area contributed by atoms with E-state index in [4.69, 9.17) is 4.74 Å². The Bertz CT molecular complexity index is 619. The van der Waals surface area contributed by atoms with E-state index in [9.17, 15) is 15.0 Å². The molecule has 0 spiro atoms. The molecule has 3 heterocycles. The maximum atomic E-state index is 11.8. The van der Waals surface area contributed by atoms with Gasteiger partial charge in [0.15, 0.2) is 0 Å². The summed E-state index contributed by atoms with van der Waals surface area (Å²) in [6, 6.07) is 1.87. The van der Waals surface area contributed by atoms with Crippen molar-refractivity contribution >= 4 is 17.7 Å². The van der Waals surface area contributed by atoms with Gasteiger partial charge in [0.25, 0.3) is 0 Å². The molecule has 8 nitrogen and oxygen atoms in total. The molecule has 2 N–H and O–H groups in total. The first kappa shape index (κ1) is 18.8. The van der Waals surface area contributed by atoms with Gasteiger partial charge in [-0.15, -0.1) is 0 Å². The summed E-state index contributed by atoms with van der Waals surface area (Å²) < 4.78 is 5.10. The third kappa shape index (κ3) is 4.07. The van der Waals surface area contributed by atoms with Crippen LogP contribution in [-0.4, -0.2) is 72.1 Å². The number of aliphatic hydroxyl groups excluding tert-OH is 1. The fourth-order valence-electron chi connectivity index (χ4n) is 3.83. The molecule has 2 saturated heterocycles. The first-order chi connectivity index (χ1) is 12.5. The lowest BCUT2D eigenvalue weighted by molar-refractivity contribution is -0.151. The van der Waals surface area contributed by atoms with Gasteiger partial charge in [-0.25, -0.2) is 4.98 Å². The third-order valence-electron chi connectivity index (χ3n) is 5.59. The molecule has 144 valence electrons. The van der Waals surface area contributed by atoms with Crippen molar-refractivity contribution in [3.8, 4) is 0 Å². The van der Waals surface area contributed by atoms with Gasteiger partial charge in [-0.3, -0.25) is 4.79 Å². The number of β-amino-alcohol motifs (C(OH)–C–C–N with tert-alkyl or cyclic N) is 1. The third-order valence-corrected chi connectivity index (χ3v) is 5.59. The van der Waals surface area contributed by atoms with Gasteiger partial charge in [0.05, 0.1) is 11.5 Å². The Kier molecular flexibility index (Phi) is 5.93. The Hall–Kier alpha value is -1.93. The number of aliphatic carboxylic acids is 1. The molecule has 3 rings (SSSR count). The van der Waals surface area contributed by atoms with Gasteiger partial charge in [0, 0.05) is 46.1 Å². The van der Waals surface area contributed by atoms with Crippen molar-refractivity contribution in [2.45, 2.75) is 38.2 Å². The number of aromatic nitrogens is 2. The van der Waals surface area contributed by atoms with Gasteiger partial charge in [-0.2, -0.15) is 4.98 Å². The van der Waals surface area contributed by atoms with Crippen LogP contribution in [0.4, 0.5) is 11.8 Å². The highest BCUT2D eigenvalue weighted by Gasteiger charge is 2.41. The van der Waals surface area contributed by atoms with Crippen LogP contribution in [0.5, 0.6) is 0 Å². The highest BCUT2D eigenvalue weighted by molar-refractivity contribution is 5.75. The van der Waals surface area contributed by atoms with Crippen LogP contribution in [0, 0.1) is 5.41 Å². The van der Waals surface area contributed by atoms with Crippen LogP contribution < -0.4 is 9.80 Å². The largest absolute Gasteiger partial charge is 0.481 e. The Morgan fingerprint density at radius 3 is 2.77 bits per heavy atom. The minimum atomic E-state index is -0.744. The normalized spacial score (nSPS) is 23.1. The molecule has 0 aliphatic carbocycles. The smallest absolute Gasteiger partial charge is 0.309 e. The lowest BCUT2D eigenvalue weighted by Crippen LogP contribution is -2.45. The number of hydrogen-bond acceptors (Lipinski definition) is 7. The van der Waals surface area contributed by atoms with Crippen LogP contribution >= 0.6 is 0 Å². The highest BCUT2D eigenvalue weighted by atomic mass is 16.5. The predicted molar refractivity (Wildman–Crippen MR) is 97.5 cm³/mol. The van der Waals surface area contributed by atoms with Crippen LogP contribution in [0.2, 0.25) is 0 Å². The number of ether oxygens (including phenoxy) is 1. The quantitative estimate of drug-likeness (QED) is 0.775. The molecule has 1 aromatic rings. The number of hydrogen-bond donors (Lipinski definition) is 2. The molecule has 0 amide bonds. The summed E-state index contributed by atoms with van der Waals surface area (Å²) in [6.07, 6.45) is 4.85. The maximum Gasteiger partial charge on any atom is 0.309 e. The molecule has 0 radical (unpaired) electrons. The average molecular weight is 364 g/mol. The number of aliphatic hydroxyl groups is 1. The second-order valence-electron chi connectivity index (χ2n) is 7.27. The highest BCUT2D eigenvalue weighted by Crippen LogP contribution is 2.36. The Labute approximate surface area is 153 Å². The van der Waals surface area contributed by atoms with Crippen molar-refractivity contribution in [3.63, 3.8) is 0 Å². The van der Waals surface area contributed by atoms with Crippen molar-refractivity contribution in [1.82, 2.24) is 9.97 Å². The zero-order valence-electron chi connectivity index (χ0n) is 15.3. The summed E-state index contributed by atoms with van der Waals surface area (Å²) in [6.45, 7) is 3.15. The molecule has 2 fully saturated rings. The molecule has 1 aromatic heterocycles. The molecule has 26 heavy (non-hydrogen) atoms. The van der Waals surface area contributed by atoms with E-state index in [0.717, 1.165) is 25.2 Å². The van der Waals surface area contributed by atoms with Crippen molar-refractivity contribution < 1.29 is 19.7 Å². The van der Waals surface area contributed by atoms with Gasteiger partial charge >= 0.3 is 5.97 Å². The number of nitrogens with zero attached hydrogens (tertiary/aromatic N) is 4. The average Bonchev–Trinajstić information content (AvgIpc) is 2.67. The number of methoxy groups -OCH3 is 1.